The first-order valence-corrected chi connectivity index (χ1v) is 8.76. The number of primary amides is 1. The van der Waals surface area contributed by atoms with Gasteiger partial charge in [-0.05, 0) is 35.9 Å². The first kappa shape index (κ1) is 17.4. The molecule has 4 rings (SSSR count). The zero-order valence-electron chi connectivity index (χ0n) is 14.9. The molecule has 0 aliphatic rings. The summed E-state index contributed by atoms with van der Waals surface area (Å²) in [6.07, 6.45) is 0. The van der Waals surface area contributed by atoms with Crippen molar-refractivity contribution in [1.29, 1.82) is 0 Å². The van der Waals surface area contributed by atoms with E-state index in [1.165, 1.54) is 0 Å². The van der Waals surface area contributed by atoms with Gasteiger partial charge in [0.25, 0.3) is 5.91 Å². The highest BCUT2D eigenvalue weighted by molar-refractivity contribution is 6.09. The Morgan fingerprint density at radius 3 is 2.04 bits per heavy atom. The summed E-state index contributed by atoms with van der Waals surface area (Å²) in [6, 6.07) is 23.8. The van der Waals surface area contributed by atoms with Crippen molar-refractivity contribution < 1.29 is 9.59 Å². The minimum Gasteiger partial charge on any atom is -0.364 e. The molecule has 0 saturated heterocycles. The maximum absolute atomic E-state index is 12.1. The van der Waals surface area contributed by atoms with Gasteiger partial charge in [0.05, 0.1) is 0 Å². The zero-order chi connectivity index (χ0) is 19.5. The summed E-state index contributed by atoms with van der Waals surface area (Å²) < 4.78 is 0. The number of carbonyl (C=O) groups is 2. The number of aromatic amines is 1. The molecule has 0 radical (unpaired) electrons. The van der Waals surface area contributed by atoms with Crippen molar-refractivity contribution in [2.75, 3.05) is 10.6 Å². The summed E-state index contributed by atoms with van der Waals surface area (Å²) in [7, 11) is 0. The second kappa shape index (κ2) is 7.28. The highest BCUT2D eigenvalue weighted by atomic mass is 16.2. The van der Waals surface area contributed by atoms with E-state index in [0.717, 1.165) is 22.0 Å². The number of urea groups is 1. The van der Waals surface area contributed by atoms with Gasteiger partial charge in [-0.1, -0.05) is 48.5 Å². The van der Waals surface area contributed by atoms with E-state index in [0.29, 0.717) is 17.1 Å². The van der Waals surface area contributed by atoms with Crippen LogP contribution in [0.1, 0.15) is 10.5 Å². The number of hydrogen-bond acceptors (Lipinski definition) is 2. The lowest BCUT2D eigenvalue weighted by molar-refractivity contribution is 0.0997. The van der Waals surface area contributed by atoms with E-state index in [4.69, 9.17) is 5.73 Å². The summed E-state index contributed by atoms with van der Waals surface area (Å²) in [5.74, 6) is -0.518. The average molecular weight is 370 g/mol. The van der Waals surface area contributed by atoms with Crippen molar-refractivity contribution in [2.45, 2.75) is 0 Å². The van der Waals surface area contributed by atoms with Gasteiger partial charge in [-0.2, -0.15) is 0 Å². The van der Waals surface area contributed by atoms with Gasteiger partial charge in [-0.25, -0.2) is 4.79 Å². The first-order valence-electron chi connectivity index (χ1n) is 8.76. The molecule has 6 nitrogen and oxygen atoms in total. The van der Waals surface area contributed by atoms with Crippen LogP contribution >= 0.6 is 0 Å². The molecule has 5 N–H and O–H groups in total. The van der Waals surface area contributed by atoms with E-state index in [9.17, 15) is 9.59 Å². The van der Waals surface area contributed by atoms with E-state index in [1.54, 1.807) is 12.1 Å². The van der Waals surface area contributed by atoms with Crippen LogP contribution < -0.4 is 16.4 Å². The standard InChI is InChI=1S/C22H18N4O2/c23-21(27)20-19(17-8-4-5-9-18(17)26-20)14-10-12-16(13-11-14)25-22(28)24-15-6-2-1-3-7-15/h1-13,26H,(H2,23,27)(H2,24,25,28). The maximum Gasteiger partial charge on any atom is 0.323 e. The fourth-order valence-electron chi connectivity index (χ4n) is 3.16. The number of anilines is 2. The normalized spacial score (nSPS) is 10.6. The molecular weight excluding hydrogens is 352 g/mol. The molecule has 0 saturated carbocycles. The fraction of sp³-hybridized carbons (Fsp3) is 0. The predicted octanol–water partition coefficient (Wildman–Crippen LogP) is 4.58. The van der Waals surface area contributed by atoms with Crippen molar-refractivity contribution in [3.05, 3.63) is 84.6 Å². The largest absolute Gasteiger partial charge is 0.364 e. The number of H-pyrrole nitrogens is 1. The molecule has 0 aliphatic carbocycles. The van der Waals surface area contributed by atoms with E-state index in [-0.39, 0.29) is 6.03 Å². The molecule has 138 valence electrons. The molecule has 3 aromatic carbocycles. The Labute approximate surface area is 161 Å². The van der Waals surface area contributed by atoms with Crippen LogP contribution in [0.2, 0.25) is 0 Å². The Balaban J connectivity index is 1.59. The quantitative estimate of drug-likeness (QED) is 0.423. The number of rotatable bonds is 4. The Kier molecular flexibility index (Phi) is 4.51. The van der Waals surface area contributed by atoms with Crippen LogP contribution in [0, 0.1) is 0 Å². The molecule has 28 heavy (non-hydrogen) atoms. The summed E-state index contributed by atoms with van der Waals surface area (Å²) >= 11 is 0. The number of benzene rings is 3. The third-order valence-corrected chi connectivity index (χ3v) is 4.42. The van der Waals surface area contributed by atoms with Crippen LogP contribution in [0.25, 0.3) is 22.0 Å². The molecule has 1 heterocycles. The molecule has 0 atom stereocenters. The lowest BCUT2D eigenvalue weighted by Gasteiger charge is -2.09. The second-order valence-corrected chi connectivity index (χ2v) is 6.31. The Morgan fingerprint density at radius 1 is 0.750 bits per heavy atom. The van der Waals surface area contributed by atoms with Crippen molar-refractivity contribution in [3.8, 4) is 11.1 Å². The van der Waals surface area contributed by atoms with Gasteiger partial charge in [-0.15, -0.1) is 0 Å². The fourth-order valence-corrected chi connectivity index (χ4v) is 3.16. The molecule has 0 spiro atoms. The van der Waals surface area contributed by atoms with Gasteiger partial charge < -0.3 is 21.4 Å². The van der Waals surface area contributed by atoms with E-state index in [1.807, 2.05) is 66.7 Å². The van der Waals surface area contributed by atoms with Gasteiger partial charge in [0.15, 0.2) is 0 Å². The third kappa shape index (κ3) is 3.43. The predicted molar refractivity (Wildman–Crippen MR) is 111 cm³/mol. The number of nitrogens with two attached hydrogens (primary N) is 1. The number of nitrogens with one attached hydrogen (secondary N) is 3. The minimum atomic E-state index is -0.518. The highest BCUT2D eigenvalue weighted by Crippen LogP contribution is 2.33. The second-order valence-electron chi connectivity index (χ2n) is 6.31. The van der Waals surface area contributed by atoms with Gasteiger partial charge in [-0.3, -0.25) is 4.79 Å². The van der Waals surface area contributed by atoms with Crippen molar-refractivity contribution in [2.24, 2.45) is 5.73 Å². The van der Waals surface area contributed by atoms with Crippen molar-refractivity contribution in [3.63, 3.8) is 0 Å². The Hall–Kier alpha value is -4.06. The monoisotopic (exact) mass is 370 g/mol. The number of hydrogen-bond donors (Lipinski definition) is 4. The first-order chi connectivity index (χ1) is 13.6. The smallest absolute Gasteiger partial charge is 0.323 e. The van der Waals surface area contributed by atoms with Gasteiger partial charge in [0.2, 0.25) is 0 Å². The van der Waals surface area contributed by atoms with Crippen LogP contribution in [-0.2, 0) is 0 Å². The Morgan fingerprint density at radius 2 is 1.36 bits per heavy atom. The topological polar surface area (TPSA) is 100 Å². The van der Waals surface area contributed by atoms with Crippen LogP contribution in [0.3, 0.4) is 0 Å². The molecule has 3 amide bonds. The summed E-state index contributed by atoms with van der Waals surface area (Å²) in [4.78, 5) is 27.1. The SMILES string of the molecule is NC(=O)c1[nH]c2ccccc2c1-c1ccc(NC(=O)Nc2ccccc2)cc1. The molecule has 4 aromatic rings. The number of carbonyl (C=O) groups excluding carboxylic acids is 2. The van der Waals surface area contributed by atoms with E-state index < -0.39 is 5.91 Å². The summed E-state index contributed by atoms with van der Waals surface area (Å²) in [5.41, 5.74) is 9.69. The zero-order valence-corrected chi connectivity index (χ0v) is 14.9. The number of amides is 3. The highest BCUT2D eigenvalue weighted by Gasteiger charge is 2.17. The van der Waals surface area contributed by atoms with Crippen LogP contribution in [0.5, 0.6) is 0 Å². The van der Waals surface area contributed by atoms with Crippen LogP contribution in [0.15, 0.2) is 78.9 Å². The summed E-state index contributed by atoms with van der Waals surface area (Å²) in [5, 5.41) is 6.47. The molecule has 0 fully saturated rings. The maximum atomic E-state index is 12.1. The molecule has 1 aromatic heterocycles. The van der Waals surface area contributed by atoms with Gasteiger partial charge in [0.1, 0.15) is 5.69 Å². The lowest BCUT2D eigenvalue weighted by atomic mass is 10.0. The van der Waals surface area contributed by atoms with Crippen LogP contribution in [-0.4, -0.2) is 16.9 Å². The molecule has 0 unspecified atom stereocenters. The Bertz CT molecular complexity index is 1150. The number of fused-ring (bicyclic) bond motifs is 1. The molecule has 0 aliphatic heterocycles. The van der Waals surface area contributed by atoms with Crippen molar-refractivity contribution in [1.82, 2.24) is 4.98 Å². The average Bonchev–Trinajstić information content (AvgIpc) is 3.09. The molecule has 6 heteroatoms. The van der Waals surface area contributed by atoms with Crippen molar-refractivity contribution >= 4 is 34.2 Å². The van der Waals surface area contributed by atoms with Gasteiger partial charge >= 0.3 is 6.03 Å². The van der Waals surface area contributed by atoms with Crippen LogP contribution in [0.4, 0.5) is 16.2 Å². The number of para-hydroxylation sites is 2. The lowest BCUT2D eigenvalue weighted by Crippen LogP contribution is -2.19. The molecule has 0 bridgehead atoms. The van der Waals surface area contributed by atoms with E-state index >= 15 is 0 Å². The van der Waals surface area contributed by atoms with Gasteiger partial charge in [0, 0.05) is 27.8 Å². The third-order valence-electron chi connectivity index (χ3n) is 4.42. The minimum absolute atomic E-state index is 0.330. The molecular formula is C22H18N4O2. The van der Waals surface area contributed by atoms with E-state index in [2.05, 4.69) is 15.6 Å². The number of aromatic nitrogens is 1. The summed E-state index contributed by atoms with van der Waals surface area (Å²) in [6.45, 7) is 0.